The molecule has 0 aliphatic heterocycles. The van der Waals surface area contributed by atoms with Crippen molar-refractivity contribution in [1.29, 1.82) is 0 Å². The molecule has 0 saturated heterocycles. The fourth-order valence-electron chi connectivity index (χ4n) is 0.541. The molecular weight excluding hydrogens is 166 g/mol. The quantitative estimate of drug-likeness (QED) is 0.480. The van der Waals surface area contributed by atoms with Gasteiger partial charge in [-0.1, -0.05) is 18.7 Å². The molecule has 0 spiro atoms. The van der Waals surface area contributed by atoms with Crippen LogP contribution in [0.1, 0.15) is 20.3 Å². The number of carbonyl (C=O) groups excluding carboxylic acids is 1. The molecule has 1 atom stereocenters. The number of carbonyl (C=O) groups is 1. The Kier molecular flexibility index (Phi) is 4.85. The zero-order valence-electron chi connectivity index (χ0n) is 6.57. The van der Waals surface area contributed by atoms with Crippen LogP contribution in [0.4, 0.5) is 0 Å². The Labute approximate surface area is 69.5 Å². The predicted molar refractivity (Wildman–Crippen MR) is 44.2 cm³/mol. The van der Waals surface area contributed by atoms with Gasteiger partial charge in [0.25, 0.3) is 0 Å². The molecule has 0 amide bonds. The molecule has 0 heterocycles. The third kappa shape index (κ3) is 4.78. The number of hydrogen-bond acceptors (Lipinski definition) is 4. The van der Waals surface area contributed by atoms with E-state index in [0.717, 1.165) is 11.8 Å². The lowest BCUT2D eigenvalue weighted by Gasteiger charge is -2.03. The Morgan fingerprint density at radius 2 is 2.27 bits per heavy atom. The van der Waals surface area contributed by atoms with E-state index in [1.165, 1.54) is 6.92 Å². The van der Waals surface area contributed by atoms with Crippen molar-refractivity contribution in [2.24, 2.45) is 0 Å². The number of thioether (sulfide) groups is 1. The molecule has 11 heavy (non-hydrogen) atoms. The number of hydrogen-bond donors (Lipinski definition) is 0. The first-order chi connectivity index (χ1) is 5.07. The topological polar surface area (TPSA) is 60.2 Å². The van der Waals surface area contributed by atoms with E-state index in [1.807, 2.05) is 0 Å². The van der Waals surface area contributed by atoms with Crippen LogP contribution in [-0.2, 0) is 4.79 Å². The van der Waals surface area contributed by atoms with E-state index in [-0.39, 0.29) is 10.0 Å². The molecule has 1 unspecified atom stereocenters. The van der Waals surface area contributed by atoms with Crippen LogP contribution in [0.25, 0.3) is 0 Å². The van der Waals surface area contributed by atoms with E-state index < -0.39 is 6.04 Å². The molecule has 0 aromatic rings. The second-order valence-corrected chi connectivity index (χ2v) is 3.35. The Hall–Kier alpha value is -0.580. The van der Waals surface area contributed by atoms with Gasteiger partial charge in [-0.05, 0) is 0 Å². The fourth-order valence-corrected chi connectivity index (χ4v) is 1.33. The molecule has 0 aromatic carbocycles. The zero-order chi connectivity index (χ0) is 8.85. The van der Waals surface area contributed by atoms with Crippen LogP contribution < -0.4 is 0 Å². The van der Waals surface area contributed by atoms with Crippen LogP contribution in [0, 0.1) is 10.1 Å². The van der Waals surface area contributed by atoms with Crippen LogP contribution in [0.5, 0.6) is 0 Å². The van der Waals surface area contributed by atoms with Gasteiger partial charge in [-0.2, -0.15) is 0 Å². The zero-order valence-corrected chi connectivity index (χ0v) is 7.39. The first kappa shape index (κ1) is 10.4. The summed E-state index contributed by atoms with van der Waals surface area (Å²) in [6, 6.07) is -0.580. The molecule has 64 valence electrons. The summed E-state index contributed by atoms with van der Waals surface area (Å²) in [5.41, 5.74) is 0. The van der Waals surface area contributed by atoms with Gasteiger partial charge in [0, 0.05) is 18.3 Å². The van der Waals surface area contributed by atoms with Gasteiger partial charge in [0.15, 0.2) is 5.12 Å². The smallest absolute Gasteiger partial charge is 0.222 e. The molecule has 0 radical (unpaired) electrons. The van der Waals surface area contributed by atoms with Crippen LogP contribution in [0.3, 0.4) is 0 Å². The van der Waals surface area contributed by atoms with Gasteiger partial charge in [-0.25, -0.2) is 0 Å². The molecule has 0 aliphatic rings. The summed E-state index contributed by atoms with van der Waals surface area (Å²) < 4.78 is 0. The Morgan fingerprint density at radius 1 is 1.73 bits per heavy atom. The van der Waals surface area contributed by atoms with E-state index in [9.17, 15) is 14.9 Å². The summed E-state index contributed by atoms with van der Waals surface area (Å²) in [6.07, 6.45) is 0.479. The lowest BCUT2D eigenvalue weighted by molar-refractivity contribution is -0.516. The Balaban J connectivity index is 3.70. The van der Waals surface area contributed by atoms with Crippen molar-refractivity contribution in [1.82, 2.24) is 0 Å². The van der Waals surface area contributed by atoms with Crippen molar-refractivity contribution in [3.05, 3.63) is 10.1 Å². The summed E-state index contributed by atoms with van der Waals surface area (Å²) >= 11 is 1.01. The highest BCUT2D eigenvalue weighted by Gasteiger charge is 2.17. The Morgan fingerprint density at radius 3 is 2.55 bits per heavy atom. The summed E-state index contributed by atoms with van der Waals surface area (Å²) in [5.74, 6) is 0.291. The molecule has 0 N–H and O–H groups in total. The van der Waals surface area contributed by atoms with Gasteiger partial charge >= 0.3 is 0 Å². The van der Waals surface area contributed by atoms with E-state index >= 15 is 0 Å². The molecule has 5 heteroatoms. The summed E-state index contributed by atoms with van der Waals surface area (Å²) in [6.45, 7) is 3.16. The minimum absolute atomic E-state index is 0.0645. The highest BCUT2D eigenvalue weighted by molar-refractivity contribution is 8.13. The number of nitro groups is 1. The maximum atomic E-state index is 10.4. The molecule has 0 aromatic heterocycles. The highest BCUT2D eigenvalue weighted by atomic mass is 32.2. The van der Waals surface area contributed by atoms with Crippen LogP contribution in [0.2, 0.25) is 0 Å². The summed E-state index contributed by atoms with van der Waals surface area (Å²) in [4.78, 5) is 20.3. The third-order valence-electron chi connectivity index (χ3n) is 1.25. The minimum Gasteiger partial charge on any atom is -0.288 e. The molecule has 0 aliphatic carbocycles. The van der Waals surface area contributed by atoms with E-state index in [1.54, 1.807) is 6.92 Å². The lowest BCUT2D eigenvalue weighted by Crippen LogP contribution is -2.21. The third-order valence-corrected chi connectivity index (χ3v) is 2.21. The standard InChI is InChI=1S/C6H11NO3S/c1-3-6(7(9)10)4-11-5(2)8/h6H,3-4H2,1-2H3. The van der Waals surface area contributed by atoms with Crippen molar-refractivity contribution in [3.63, 3.8) is 0 Å². The summed E-state index contributed by atoms with van der Waals surface area (Å²) in [5, 5.41) is 10.2. The predicted octanol–water partition coefficient (Wildman–Crippen LogP) is 1.32. The van der Waals surface area contributed by atoms with Gasteiger partial charge < -0.3 is 0 Å². The van der Waals surface area contributed by atoms with E-state index in [0.29, 0.717) is 12.2 Å². The molecular formula is C6H11NO3S. The molecule has 4 nitrogen and oxygen atoms in total. The average molecular weight is 177 g/mol. The first-order valence-electron chi connectivity index (χ1n) is 3.34. The minimum atomic E-state index is -0.580. The average Bonchev–Trinajstić information content (AvgIpc) is 1.87. The fraction of sp³-hybridized carbons (Fsp3) is 0.833. The molecule has 0 bridgehead atoms. The van der Waals surface area contributed by atoms with Crippen LogP contribution in [0.15, 0.2) is 0 Å². The van der Waals surface area contributed by atoms with Gasteiger partial charge in [0.2, 0.25) is 6.04 Å². The molecule has 0 fully saturated rings. The van der Waals surface area contributed by atoms with Crippen molar-refractivity contribution in [2.45, 2.75) is 26.3 Å². The highest BCUT2D eigenvalue weighted by Crippen LogP contribution is 2.08. The monoisotopic (exact) mass is 177 g/mol. The van der Waals surface area contributed by atoms with Gasteiger partial charge in [-0.3, -0.25) is 14.9 Å². The lowest BCUT2D eigenvalue weighted by atomic mass is 10.3. The first-order valence-corrected chi connectivity index (χ1v) is 4.33. The van der Waals surface area contributed by atoms with Crippen molar-refractivity contribution in [2.75, 3.05) is 5.75 Å². The Bertz CT molecular complexity index is 160. The van der Waals surface area contributed by atoms with Gasteiger partial charge in [0.1, 0.15) is 0 Å². The largest absolute Gasteiger partial charge is 0.288 e. The maximum Gasteiger partial charge on any atom is 0.222 e. The van der Waals surface area contributed by atoms with Crippen molar-refractivity contribution >= 4 is 16.9 Å². The van der Waals surface area contributed by atoms with Crippen LogP contribution >= 0.6 is 11.8 Å². The second-order valence-electron chi connectivity index (χ2n) is 2.15. The van der Waals surface area contributed by atoms with Crippen LogP contribution in [-0.4, -0.2) is 21.8 Å². The molecule has 0 rings (SSSR count). The van der Waals surface area contributed by atoms with Gasteiger partial charge in [-0.15, -0.1) is 0 Å². The number of nitrogens with zero attached hydrogens (tertiary/aromatic N) is 1. The molecule has 0 saturated carbocycles. The SMILES string of the molecule is CCC(CSC(C)=O)[N+](=O)[O-]. The maximum absolute atomic E-state index is 10.4. The second kappa shape index (κ2) is 5.12. The van der Waals surface area contributed by atoms with Crippen molar-refractivity contribution < 1.29 is 9.72 Å². The van der Waals surface area contributed by atoms with Gasteiger partial charge in [0.05, 0.1) is 5.75 Å². The summed E-state index contributed by atoms with van der Waals surface area (Å²) in [7, 11) is 0. The van der Waals surface area contributed by atoms with E-state index in [2.05, 4.69) is 0 Å². The van der Waals surface area contributed by atoms with E-state index in [4.69, 9.17) is 0 Å². The number of rotatable bonds is 4. The normalized spacial score (nSPS) is 12.5. The van der Waals surface area contributed by atoms with Crippen molar-refractivity contribution in [3.8, 4) is 0 Å².